The summed E-state index contributed by atoms with van der Waals surface area (Å²) in [5.74, 6) is 0.0640. The lowest BCUT2D eigenvalue weighted by atomic mass is 10.1. The van der Waals surface area contributed by atoms with Crippen molar-refractivity contribution in [3.05, 3.63) is 51.9 Å². The van der Waals surface area contributed by atoms with Gasteiger partial charge in [0, 0.05) is 11.9 Å². The summed E-state index contributed by atoms with van der Waals surface area (Å²) >= 11 is 2.54. The molecule has 0 saturated heterocycles. The number of rotatable bonds is 8. The third-order valence-corrected chi connectivity index (χ3v) is 6.61. The molecule has 3 aromatic rings. The summed E-state index contributed by atoms with van der Waals surface area (Å²) < 4.78 is 25.1. The molecule has 11 heteroatoms. The van der Waals surface area contributed by atoms with Gasteiger partial charge in [-0.25, -0.2) is 9.18 Å². The number of aromatic nitrogens is 3. The average Bonchev–Trinajstić information content (AvgIpc) is 3.24. The Morgan fingerprint density at radius 1 is 1.23 bits per heavy atom. The molecule has 1 N–H and O–H groups in total. The number of thioether (sulfide) groups is 1. The van der Waals surface area contributed by atoms with E-state index >= 15 is 0 Å². The van der Waals surface area contributed by atoms with Gasteiger partial charge in [-0.05, 0) is 43.7 Å². The van der Waals surface area contributed by atoms with E-state index in [4.69, 9.17) is 9.47 Å². The Balaban J connectivity index is 1.58. The van der Waals surface area contributed by atoms with Crippen LogP contribution in [-0.4, -0.2) is 39.5 Å². The molecule has 0 aliphatic heterocycles. The Labute approximate surface area is 186 Å². The van der Waals surface area contributed by atoms with Crippen molar-refractivity contribution in [2.45, 2.75) is 25.6 Å². The quantitative estimate of drug-likeness (QED) is 0.401. The summed E-state index contributed by atoms with van der Waals surface area (Å²) in [5.41, 5.74) is 1.17. The van der Waals surface area contributed by atoms with Gasteiger partial charge in [-0.2, -0.15) is 0 Å². The lowest BCUT2D eigenvalue weighted by Crippen LogP contribution is -2.16. The minimum absolute atomic E-state index is 0.0847. The number of halogens is 1. The molecule has 0 saturated carbocycles. The fraction of sp³-hybridized carbons (Fsp3) is 0.300. The highest BCUT2D eigenvalue weighted by Gasteiger charge is 2.22. The van der Waals surface area contributed by atoms with Crippen LogP contribution in [0.2, 0.25) is 0 Å². The second-order valence-corrected chi connectivity index (χ2v) is 8.68. The Morgan fingerprint density at radius 2 is 1.94 bits per heavy atom. The molecule has 0 unspecified atom stereocenters. The van der Waals surface area contributed by atoms with Crippen molar-refractivity contribution in [3.8, 4) is 5.75 Å². The second-order valence-electron chi connectivity index (χ2n) is 6.52. The second kappa shape index (κ2) is 9.92. The number of hydrogen-bond donors (Lipinski definition) is 1. The van der Waals surface area contributed by atoms with Crippen LogP contribution in [0, 0.1) is 19.7 Å². The summed E-state index contributed by atoms with van der Waals surface area (Å²) in [6.07, 6.45) is 0. The molecular formula is C20H21FN4O4S2. The normalized spacial score (nSPS) is 10.7. The van der Waals surface area contributed by atoms with Crippen LogP contribution < -0.4 is 10.1 Å². The van der Waals surface area contributed by atoms with Crippen molar-refractivity contribution in [2.75, 3.05) is 18.2 Å². The monoisotopic (exact) mass is 464 g/mol. The molecule has 0 spiro atoms. The molecule has 1 amide bonds. The number of esters is 1. The number of methoxy groups -OCH3 is 1. The Morgan fingerprint density at radius 3 is 2.61 bits per heavy atom. The van der Waals surface area contributed by atoms with E-state index in [0.29, 0.717) is 27.3 Å². The molecule has 0 fully saturated rings. The van der Waals surface area contributed by atoms with Crippen molar-refractivity contribution in [1.82, 2.24) is 14.8 Å². The smallest absolute Gasteiger partial charge is 0.341 e. The number of hydrogen-bond acceptors (Lipinski definition) is 8. The number of benzene rings is 1. The number of carbonyl (C=O) groups excluding carboxylic acids is 2. The number of thiophene rings is 1. The molecule has 3 rings (SSSR count). The van der Waals surface area contributed by atoms with Crippen LogP contribution in [0.5, 0.6) is 5.75 Å². The molecule has 0 atom stereocenters. The molecular weight excluding hydrogens is 443 g/mol. The van der Waals surface area contributed by atoms with E-state index in [2.05, 4.69) is 15.5 Å². The van der Waals surface area contributed by atoms with Crippen LogP contribution in [-0.2, 0) is 23.2 Å². The average molecular weight is 465 g/mol. The molecule has 0 aliphatic carbocycles. The highest BCUT2D eigenvalue weighted by atomic mass is 32.2. The fourth-order valence-electron chi connectivity index (χ4n) is 2.63. The maximum absolute atomic E-state index is 13.0. The molecule has 8 nitrogen and oxygen atoms in total. The number of nitrogens with one attached hydrogen (secondary N) is 1. The van der Waals surface area contributed by atoms with Crippen LogP contribution in [0.4, 0.5) is 9.39 Å². The molecule has 2 heterocycles. The van der Waals surface area contributed by atoms with Gasteiger partial charge >= 0.3 is 5.97 Å². The number of aryl methyl sites for hydroxylation is 1. The van der Waals surface area contributed by atoms with E-state index in [1.54, 1.807) is 11.6 Å². The summed E-state index contributed by atoms with van der Waals surface area (Å²) in [5, 5.41) is 12.0. The van der Waals surface area contributed by atoms with Crippen molar-refractivity contribution in [3.63, 3.8) is 0 Å². The van der Waals surface area contributed by atoms with Crippen LogP contribution in [0.25, 0.3) is 0 Å². The van der Waals surface area contributed by atoms with E-state index in [0.717, 1.165) is 10.4 Å². The first-order valence-electron chi connectivity index (χ1n) is 9.17. The van der Waals surface area contributed by atoms with E-state index in [9.17, 15) is 14.0 Å². The number of nitrogens with zero attached hydrogens (tertiary/aromatic N) is 3. The van der Waals surface area contributed by atoms with E-state index in [-0.39, 0.29) is 24.1 Å². The molecule has 0 aliphatic rings. The van der Waals surface area contributed by atoms with Crippen LogP contribution >= 0.6 is 23.1 Å². The molecule has 2 aromatic heterocycles. The molecule has 164 valence electrons. The number of amides is 1. The summed E-state index contributed by atoms with van der Waals surface area (Å²) in [6, 6.07) is 5.69. The standard InChI is InChI=1S/C20H21FN4O4S2/c1-11-12(2)31-18(17(11)19(27)28-4)22-16(26)10-30-20-24-23-15(25(20)3)9-29-14-7-5-13(21)6-8-14/h5-8H,9-10H2,1-4H3,(H,22,26). The van der Waals surface area contributed by atoms with Gasteiger partial charge in [0.25, 0.3) is 0 Å². The van der Waals surface area contributed by atoms with Gasteiger partial charge in [0.1, 0.15) is 23.2 Å². The zero-order valence-electron chi connectivity index (χ0n) is 17.4. The zero-order valence-corrected chi connectivity index (χ0v) is 19.0. The first kappa shape index (κ1) is 22.8. The summed E-state index contributed by atoms with van der Waals surface area (Å²) in [7, 11) is 3.08. The molecule has 0 bridgehead atoms. The maximum Gasteiger partial charge on any atom is 0.341 e. The highest BCUT2D eigenvalue weighted by Crippen LogP contribution is 2.33. The minimum Gasteiger partial charge on any atom is -0.486 e. The molecule has 0 radical (unpaired) electrons. The topological polar surface area (TPSA) is 95.3 Å². The lowest BCUT2D eigenvalue weighted by molar-refractivity contribution is -0.113. The van der Waals surface area contributed by atoms with Crippen molar-refractivity contribution in [2.24, 2.45) is 7.05 Å². The summed E-state index contributed by atoms with van der Waals surface area (Å²) in [6.45, 7) is 3.85. The van der Waals surface area contributed by atoms with Gasteiger partial charge in [0.2, 0.25) is 5.91 Å². The van der Waals surface area contributed by atoms with Crippen LogP contribution in [0.3, 0.4) is 0 Å². The van der Waals surface area contributed by atoms with E-state index in [1.165, 1.54) is 54.5 Å². The first-order valence-corrected chi connectivity index (χ1v) is 11.0. The third-order valence-electron chi connectivity index (χ3n) is 4.47. The van der Waals surface area contributed by atoms with Gasteiger partial charge in [0.15, 0.2) is 11.0 Å². The number of ether oxygens (including phenoxy) is 2. The predicted octanol–water partition coefficient (Wildman–Crippen LogP) is 3.73. The number of anilines is 1. The van der Waals surface area contributed by atoms with Crippen molar-refractivity contribution in [1.29, 1.82) is 0 Å². The Kier molecular flexibility index (Phi) is 7.29. The number of carbonyl (C=O) groups is 2. The van der Waals surface area contributed by atoms with Crippen LogP contribution in [0.1, 0.15) is 26.6 Å². The fourth-order valence-corrected chi connectivity index (χ4v) is 4.43. The Hall–Kier alpha value is -2.92. The zero-order chi connectivity index (χ0) is 22.5. The SMILES string of the molecule is COC(=O)c1c(NC(=O)CSc2nnc(COc3ccc(F)cc3)n2C)sc(C)c1C. The Bertz CT molecular complexity index is 1100. The van der Waals surface area contributed by atoms with E-state index < -0.39 is 5.97 Å². The maximum atomic E-state index is 13.0. The lowest BCUT2D eigenvalue weighted by Gasteiger charge is -2.07. The van der Waals surface area contributed by atoms with Crippen molar-refractivity contribution < 1.29 is 23.5 Å². The molecule has 1 aromatic carbocycles. The first-order chi connectivity index (χ1) is 14.8. The summed E-state index contributed by atoms with van der Waals surface area (Å²) in [4.78, 5) is 25.4. The van der Waals surface area contributed by atoms with Gasteiger partial charge < -0.3 is 19.4 Å². The van der Waals surface area contributed by atoms with Crippen LogP contribution in [0.15, 0.2) is 29.4 Å². The van der Waals surface area contributed by atoms with Gasteiger partial charge in [-0.1, -0.05) is 11.8 Å². The van der Waals surface area contributed by atoms with Gasteiger partial charge in [-0.3, -0.25) is 4.79 Å². The predicted molar refractivity (Wildman–Crippen MR) is 116 cm³/mol. The third kappa shape index (κ3) is 5.42. The van der Waals surface area contributed by atoms with Crippen molar-refractivity contribution >= 4 is 40.0 Å². The minimum atomic E-state index is -0.482. The highest BCUT2D eigenvalue weighted by molar-refractivity contribution is 7.99. The van der Waals surface area contributed by atoms with E-state index in [1.807, 2.05) is 13.8 Å². The molecule has 31 heavy (non-hydrogen) atoms. The van der Waals surface area contributed by atoms with Gasteiger partial charge in [-0.15, -0.1) is 21.5 Å². The largest absolute Gasteiger partial charge is 0.486 e. The van der Waals surface area contributed by atoms with Gasteiger partial charge in [0.05, 0.1) is 18.4 Å².